The second kappa shape index (κ2) is 5.82. The van der Waals surface area contributed by atoms with Crippen molar-refractivity contribution in [3.8, 4) is 6.07 Å². The van der Waals surface area contributed by atoms with Crippen molar-refractivity contribution >= 4 is 11.6 Å². The minimum Gasteiger partial charge on any atom is -0.369 e. The lowest BCUT2D eigenvalue weighted by Crippen LogP contribution is -2.16. The number of hydrogen-bond acceptors (Lipinski definition) is 6. The van der Waals surface area contributed by atoms with E-state index in [4.69, 9.17) is 5.26 Å². The Kier molecular flexibility index (Phi) is 3.93. The van der Waals surface area contributed by atoms with Crippen molar-refractivity contribution in [1.82, 2.24) is 19.7 Å². The summed E-state index contributed by atoms with van der Waals surface area (Å²) in [6.45, 7) is 3.28. The molecule has 98 valence electrons. The third-order valence-electron chi connectivity index (χ3n) is 2.53. The van der Waals surface area contributed by atoms with E-state index < -0.39 is 0 Å². The molecule has 7 nitrogen and oxygen atoms in total. The number of nitriles is 1. The Balaban J connectivity index is 1.84. The first-order chi connectivity index (χ1) is 9.20. The lowest BCUT2D eigenvalue weighted by Gasteiger charge is -2.08. The van der Waals surface area contributed by atoms with Gasteiger partial charge in [0, 0.05) is 38.6 Å². The Labute approximate surface area is 111 Å². The molecule has 0 aliphatic rings. The van der Waals surface area contributed by atoms with Gasteiger partial charge in [-0.25, -0.2) is 9.97 Å². The van der Waals surface area contributed by atoms with E-state index in [2.05, 4.69) is 25.7 Å². The highest BCUT2D eigenvalue weighted by atomic mass is 15.3. The first kappa shape index (κ1) is 12.8. The Morgan fingerprint density at radius 2 is 2.00 bits per heavy atom. The molecule has 0 bridgehead atoms. The number of hydrogen-bond donors (Lipinski definition) is 2. The third kappa shape index (κ3) is 3.19. The molecular formula is C12H15N7. The van der Waals surface area contributed by atoms with Gasteiger partial charge in [0.1, 0.15) is 11.9 Å². The van der Waals surface area contributed by atoms with Crippen molar-refractivity contribution in [2.45, 2.75) is 6.92 Å². The van der Waals surface area contributed by atoms with Gasteiger partial charge < -0.3 is 10.6 Å². The smallest absolute Gasteiger partial charge is 0.182 e. The van der Waals surface area contributed by atoms with E-state index in [1.54, 1.807) is 10.9 Å². The van der Waals surface area contributed by atoms with Crippen LogP contribution in [0.3, 0.4) is 0 Å². The highest BCUT2D eigenvalue weighted by Gasteiger charge is 2.03. The molecule has 2 aromatic rings. The van der Waals surface area contributed by atoms with Crippen molar-refractivity contribution in [2.75, 3.05) is 23.7 Å². The lowest BCUT2D eigenvalue weighted by molar-refractivity contribution is 0.758. The van der Waals surface area contributed by atoms with E-state index in [9.17, 15) is 0 Å². The normalized spacial score (nSPS) is 9.95. The SMILES string of the molecule is Cc1cc(NCCNc2nccnc2C#N)n(C)n1. The standard InChI is InChI=1S/C12H15N7/c1-9-7-11(19(2)18-9)15-4-6-17-12-10(8-13)14-3-5-16-12/h3,5,7,15H,4,6H2,1-2H3,(H,16,17). The van der Waals surface area contributed by atoms with Gasteiger partial charge in [-0.2, -0.15) is 10.4 Å². The lowest BCUT2D eigenvalue weighted by atomic mass is 10.4. The summed E-state index contributed by atoms with van der Waals surface area (Å²) in [5, 5.41) is 19.4. The summed E-state index contributed by atoms with van der Waals surface area (Å²) in [7, 11) is 1.89. The summed E-state index contributed by atoms with van der Waals surface area (Å²) >= 11 is 0. The van der Waals surface area contributed by atoms with Crippen LogP contribution in [-0.4, -0.2) is 32.8 Å². The molecule has 2 aromatic heterocycles. The van der Waals surface area contributed by atoms with Crippen LogP contribution in [0.4, 0.5) is 11.6 Å². The number of nitrogens with zero attached hydrogens (tertiary/aromatic N) is 5. The Morgan fingerprint density at radius 3 is 2.68 bits per heavy atom. The summed E-state index contributed by atoms with van der Waals surface area (Å²) in [5.74, 6) is 1.46. The fourth-order valence-electron chi connectivity index (χ4n) is 1.70. The molecule has 0 saturated heterocycles. The highest BCUT2D eigenvalue weighted by Crippen LogP contribution is 2.08. The van der Waals surface area contributed by atoms with Crippen LogP contribution in [0.1, 0.15) is 11.4 Å². The fraction of sp³-hybridized carbons (Fsp3) is 0.333. The van der Waals surface area contributed by atoms with Gasteiger partial charge in [-0.05, 0) is 6.92 Å². The van der Waals surface area contributed by atoms with E-state index in [1.807, 2.05) is 26.1 Å². The van der Waals surface area contributed by atoms with E-state index in [0.29, 0.717) is 24.6 Å². The number of rotatable bonds is 5. The van der Waals surface area contributed by atoms with E-state index in [0.717, 1.165) is 11.5 Å². The molecule has 0 spiro atoms. The Morgan fingerprint density at radius 1 is 1.26 bits per heavy atom. The van der Waals surface area contributed by atoms with Gasteiger partial charge in [-0.3, -0.25) is 4.68 Å². The number of nitrogens with one attached hydrogen (secondary N) is 2. The monoisotopic (exact) mass is 257 g/mol. The van der Waals surface area contributed by atoms with Crippen LogP contribution >= 0.6 is 0 Å². The maximum absolute atomic E-state index is 8.87. The van der Waals surface area contributed by atoms with Crippen LogP contribution in [0, 0.1) is 18.3 Å². The zero-order valence-corrected chi connectivity index (χ0v) is 10.9. The van der Waals surface area contributed by atoms with E-state index >= 15 is 0 Å². The molecular weight excluding hydrogens is 242 g/mol. The predicted octanol–water partition coefficient (Wildman–Crippen LogP) is 0.914. The summed E-state index contributed by atoms with van der Waals surface area (Å²) < 4.78 is 1.79. The van der Waals surface area contributed by atoms with E-state index in [1.165, 1.54) is 6.20 Å². The molecule has 7 heteroatoms. The van der Waals surface area contributed by atoms with Gasteiger partial charge in [0.2, 0.25) is 0 Å². The summed E-state index contributed by atoms with van der Waals surface area (Å²) in [4.78, 5) is 8.01. The second-order valence-electron chi connectivity index (χ2n) is 4.01. The predicted molar refractivity (Wildman–Crippen MR) is 71.7 cm³/mol. The zero-order valence-electron chi connectivity index (χ0n) is 10.9. The van der Waals surface area contributed by atoms with Gasteiger partial charge in [-0.15, -0.1) is 0 Å². The molecule has 0 atom stereocenters. The average Bonchev–Trinajstić information content (AvgIpc) is 2.73. The fourth-order valence-corrected chi connectivity index (χ4v) is 1.70. The summed E-state index contributed by atoms with van der Waals surface area (Å²) in [5.41, 5.74) is 1.28. The Bertz CT molecular complexity index is 596. The molecule has 0 unspecified atom stereocenters. The van der Waals surface area contributed by atoms with Crippen molar-refractivity contribution in [3.63, 3.8) is 0 Å². The molecule has 0 aromatic carbocycles. The highest BCUT2D eigenvalue weighted by molar-refractivity contribution is 5.47. The van der Waals surface area contributed by atoms with Crippen LogP contribution in [0.25, 0.3) is 0 Å². The zero-order chi connectivity index (χ0) is 13.7. The minimum atomic E-state index is 0.305. The molecule has 2 heterocycles. The molecule has 0 fully saturated rings. The van der Waals surface area contributed by atoms with E-state index in [-0.39, 0.29) is 0 Å². The molecule has 2 N–H and O–H groups in total. The van der Waals surface area contributed by atoms with Gasteiger partial charge >= 0.3 is 0 Å². The molecule has 19 heavy (non-hydrogen) atoms. The van der Waals surface area contributed by atoms with Crippen LogP contribution in [-0.2, 0) is 7.05 Å². The largest absolute Gasteiger partial charge is 0.369 e. The number of aryl methyl sites for hydroxylation is 2. The maximum Gasteiger partial charge on any atom is 0.182 e. The van der Waals surface area contributed by atoms with Gasteiger partial charge in [0.25, 0.3) is 0 Å². The van der Waals surface area contributed by atoms with Crippen molar-refractivity contribution in [1.29, 1.82) is 5.26 Å². The molecule has 2 rings (SSSR count). The average molecular weight is 257 g/mol. The molecule has 0 amide bonds. The topological polar surface area (TPSA) is 91.5 Å². The second-order valence-corrected chi connectivity index (χ2v) is 4.01. The van der Waals surface area contributed by atoms with Crippen molar-refractivity contribution < 1.29 is 0 Å². The molecule has 0 aliphatic carbocycles. The van der Waals surface area contributed by atoms with Crippen LogP contribution in [0.15, 0.2) is 18.5 Å². The quantitative estimate of drug-likeness (QED) is 0.774. The third-order valence-corrected chi connectivity index (χ3v) is 2.53. The van der Waals surface area contributed by atoms with Crippen molar-refractivity contribution in [3.05, 3.63) is 29.8 Å². The van der Waals surface area contributed by atoms with Crippen LogP contribution in [0.5, 0.6) is 0 Å². The van der Waals surface area contributed by atoms with Gasteiger partial charge in [0.05, 0.1) is 5.69 Å². The summed E-state index contributed by atoms with van der Waals surface area (Å²) in [6.07, 6.45) is 3.06. The summed E-state index contributed by atoms with van der Waals surface area (Å²) in [6, 6.07) is 3.97. The number of anilines is 2. The number of aromatic nitrogens is 4. The first-order valence-electron chi connectivity index (χ1n) is 5.90. The Hall–Kier alpha value is -2.62. The molecule has 0 radical (unpaired) electrons. The van der Waals surface area contributed by atoms with Gasteiger partial charge in [-0.1, -0.05) is 0 Å². The molecule has 0 aliphatic heterocycles. The van der Waals surface area contributed by atoms with Crippen molar-refractivity contribution in [2.24, 2.45) is 7.05 Å². The maximum atomic E-state index is 8.87. The minimum absolute atomic E-state index is 0.305. The van der Waals surface area contributed by atoms with Gasteiger partial charge in [0.15, 0.2) is 11.5 Å². The first-order valence-corrected chi connectivity index (χ1v) is 5.90. The van der Waals surface area contributed by atoms with Crippen LogP contribution in [0.2, 0.25) is 0 Å². The molecule has 0 saturated carbocycles. The van der Waals surface area contributed by atoms with Crippen LogP contribution < -0.4 is 10.6 Å².